The van der Waals surface area contributed by atoms with Crippen molar-refractivity contribution in [1.29, 1.82) is 0 Å². The molecule has 4 heteroatoms. The molecule has 0 unspecified atom stereocenters. The molecule has 0 aromatic heterocycles. The topological polar surface area (TPSA) is 46.6 Å². The summed E-state index contributed by atoms with van der Waals surface area (Å²) in [6.07, 6.45) is 0.473. The van der Waals surface area contributed by atoms with Crippen molar-refractivity contribution in [2.45, 2.75) is 26.7 Å². The molecule has 0 radical (unpaired) electrons. The van der Waals surface area contributed by atoms with Crippen molar-refractivity contribution >= 4 is 17.6 Å². The number of carbonyl (C=O) groups excluding carboxylic acids is 2. The van der Waals surface area contributed by atoms with Gasteiger partial charge in [-0.05, 0) is 30.5 Å². The number of para-hydroxylation sites is 1. The molecule has 0 saturated heterocycles. The third-order valence-electron chi connectivity index (χ3n) is 3.98. The standard InChI is InChI=1S/C20H23NO3/c1-15-8-7-9-16(2)20(15)21(13-12-19(23)24-3)18(22)14-17-10-5-4-6-11-17/h4-11H,12-14H2,1-3H3. The van der Waals surface area contributed by atoms with Crippen LogP contribution >= 0.6 is 0 Å². The molecule has 4 nitrogen and oxygen atoms in total. The minimum Gasteiger partial charge on any atom is -0.469 e. The summed E-state index contributed by atoms with van der Waals surface area (Å²) >= 11 is 0. The molecule has 126 valence electrons. The number of nitrogens with zero attached hydrogens (tertiary/aromatic N) is 1. The summed E-state index contributed by atoms with van der Waals surface area (Å²) < 4.78 is 4.72. The molecule has 2 aromatic rings. The predicted molar refractivity (Wildman–Crippen MR) is 95.0 cm³/mol. The second-order valence-corrected chi connectivity index (χ2v) is 5.77. The first-order valence-corrected chi connectivity index (χ1v) is 8.00. The molecule has 2 aromatic carbocycles. The van der Waals surface area contributed by atoms with Crippen LogP contribution in [0.2, 0.25) is 0 Å². The molecule has 0 bridgehead atoms. The number of aryl methyl sites for hydroxylation is 2. The second kappa shape index (κ2) is 8.29. The van der Waals surface area contributed by atoms with Gasteiger partial charge in [-0.3, -0.25) is 9.59 Å². The molecule has 0 N–H and O–H groups in total. The van der Waals surface area contributed by atoms with E-state index in [0.29, 0.717) is 13.0 Å². The van der Waals surface area contributed by atoms with Crippen LogP contribution in [-0.2, 0) is 20.7 Å². The highest BCUT2D eigenvalue weighted by molar-refractivity contribution is 5.96. The lowest BCUT2D eigenvalue weighted by Crippen LogP contribution is -2.35. The molecule has 0 aliphatic heterocycles. The van der Waals surface area contributed by atoms with Crippen molar-refractivity contribution in [3.05, 3.63) is 65.2 Å². The van der Waals surface area contributed by atoms with Crippen molar-refractivity contribution in [1.82, 2.24) is 0 Å². The lowest BCUT2D eigenvalue weighted by molar-refractivity contribution is -0.140. The van der Waals surface area contributed by atoms with Crippen molar-refractivity contribution in [2.24, 2.45) is 0 Å². The highest BCUT2D eigenvalue weighted by atomic mass is 16.5. The fourth-order valence-electron chi connectivity index (χ4n) is 2.76. The number of anilines is 1. The third-order valence-corrected chi connectivity index (χ3v) is 3.98. The van der Waals surface area contributed by atoms with Gasteiger partial charge in [-0.2, -0.15) is 0 Å². The van der Waals surface area contributed by atoms with Crippen LogP contribution in [0.4, 0.5) is 5.69 Å². The number of carbonyl (C=O) groups is 2. The van der Waals surface area contributed by atoms with Crippen LogP contribution in [0.3, 0.4) is 0 Å². The van der Waals surface area contributed by atoms with Gasteiger partial charge < -0.3 is 9.64 Å². The van der Waals surface area contributed by atoms with E-state index in [9.17, 15) is 9.59 Å². The summed E-state index contributed by atoms with van der Waals surface area (Å²) in [6, 6.07) is 15.5. The largest absolute Gasteiger partial charge is 0.469 e. The Hall–Kier alpha value is -2.62. The van der Waals surface area contributed by atoms with Gasteiger partial charge in [0.25, 0.3) is 0 Å². The maximum Gasteiger partial charge on any atom is 0.307 e. The van der Waals surface area contributed by atoms with E-state index in [1.165, 1.54) is 7.11 Å². The maximum atomic E-state index is 12.9. The van der Waals surface area contributed by atoms with E-state index in [-0.39, 0.29) is 18.3 Å². The number of amides is 1. The molecule has 0 aliphatic rings. The van der Waals surface area contributed by atoms with Crippen molar-refractivity contribution in [3.8, 4) is 0 Å². The molecule has 0 aliphatic carbocycles. The van der Waals surface area contributed by atoms with Gasteiger partial charge >= 0.3 is 5.97 Å². The van der Waals surface area contributed by atoms with Crippen LogP contribution in [0.5, 0.6) is 0 Å². The molecule has 24 heavy (non-hydrogen) atoms. The summed E-state index contributed by atoms with van der Waals surface area (Å²) in [6.45, 7) is 4.26. The smallest absolute Gasteiger partial charge is 0.307 e. The van der Waals surface area contributed by atoms with E-state index in [4.69, 9.17) is 4.74 Å². The molecule has 1 amide bonds. The molecular weight excluding hydrogens is 302 g/mol. The Morgan fingerprint density at radius 2 is 1.58 bits per heavy atom. The number of hydrogen-bond acceptors (Lipinski definition) is 3. The maximum absolute atomic E-state index is 12.9. The van der Waals surface area contributed by atoms with Crippen LogP contribution < -0.4 is 4.90 Å². The quantitative estimate of drug-likeness (QED) is 0.764. The molecule has 0 saturated carbocycles. The molecule has 2 rings (SSSR count). The van der Waals surface area contributed by atoms with E-state index in [2.05, 4.69) is 0 Å². The zero-order valence-electron chi connectivity index (χ0n) is 14.4. The first kappa shape index (κ1) is 17.7. The lowest BCUT2D eigenvalue weighted by Gasteiger charge is -2.26. The zero-order chi connectivity index (χ0) is 17.5. The van der Waals surface area contributed by atoms with Gasteiger partial charge in [0.2, 0.25) is 5.91 Å². The Kier molecular flexibility index (Phi) is 6.13. The van der Waals surface area contributed by atoms with Gasteiger partial charge in [0.15, 0.2) is 0 Å². The number of methoxy groups -OCH3 is 1. The fourth-order valence-corrected chi connectivity index (χ4v) is 2.76. The highest BCUT2D eigenvalue weighted by Crippen LogP contribution is 2.25. The lowest BCUT2D eigenvalue weighted by atomic mass is 10.1. The van der Waals surface area contributed by atoms with Gasteiger partial charge in [-0.25, -0.2) is 0 Å². The fraction of sp³-hybridized carbons (Fsp3) is 0.300. The monoisotopic (exact) mass is 325 g/mol. The number of esters is 1. The Balaban J connectivity index is 2.28. The summed E-state index contributed by atoms with van der Waals surface area (Å²) in [5.74, 6) is -0.346. The average Bonchev–Trinajstić information content (AvgIpc) is 2.57. The number of hydrogen-bond donors (Lipinski definition) is 0. The molecular formula is C20H23NO3. The van der Waals surface area contributed by atoms with E-state index in [0.717, 1.165) is 22.4 Å². The Bertz CT molecular complexity index is 690. The highest BCUT2D eigenvalue weighted by Gasteiger charge is 2.20. The third kappa shape index (κ3) is 4.44. The predicted octanol–water partition coefficient (Wildman–Crippen LogP) is 3.44. The van der Waals surface area contributed by atoms with Crippen molar-refractivity contribution < 1.29 is 14.3 Å². The number of ether oxygens (including phenoxy) is 1. The van der Waals surface area contributed by atoms with Gasteiger partial charge in [-0.1, -0.05) is 48.5 Å². The molecule has 0 spiro atoms. The minimum atomic E-state index is -0.321. The first-order chi connectivity index (χ1) is 11.5. The van der Waals surface area contributed by atoms with E-state index < -0.39 is 0 Å². The van der Waals surface area contributed by atoms with Crippen molar-refractivity contribution in [2.75, 3.05) is 18.6 Å². The summed E-state index contributed by atoms with van der Waals surface area (Å²) in [7, 11) is 1.36. The zero-order valence-corrected chi connectivity index (χ0v) is 14.4. The van der Waals surface area contributed by atoms with Crippen LogP contribution in [0, 0.1) is 13.8 Å². The van der Waals surface area contributed by atoms with Gasteiger partial charge in [0.05, 0.1) is 20.0 Å². The van der Waals surface area contributed by atoms with E-state index >= 15 is 0 Å². The number of benzene rings is 2. The van der Waals surface area contributed by atoms with Crippen LogP contribution in [-0.4, -0.2) is 25.5 Å². The van der Waals surface area contributed by atoms with Crippen molar-refractivity contribution in [3.63, 3.8) is 0 Å². The van der Waals surface area contributed by atoms with Crippen LogP contribution in [0.15, 0.2) is 48.5 Å². The van der Waals surface area contributed by atoms with E-state index in [1.807, 2.05) is 62.4 Å². The number of rotatable bonds is 6. The molecule has 0 atom stereocenters. The summed E-state index contributed by atoms with van der Waals surface area (Å²) in [5.41, 5.74) is 3.86. The Morgan fingerprint density at radius 3 is 2.17 bits per heavy atom. The summed E-state index contributed by atoms with van der Waals surface area (Å²) in [5, 5.41) is 0. The van der Waals surface area contributed by atoms with Crippen LogP contribution in [0.25, 0.3) is 0 Å². The van der Waals surface area contributed by atoms with Crippen LogP contribution in [0.1, 0.15) is 23.1 Å². The second-order valence-electron chi connectivity index (χ2n) is 5.77. The first-order valence-electron chi connectivity index (χ1n) is 8.00. The summed E-state index contributed by atoms with van der Waals surface area (Å²) in [4.78, 5) is 26.1. The Labute approximate surface area is 143 Å². The molecule has 0 fully saturated rings. The van der Waals surface area contributed by atoms with E-state index in [1.54, 1.807) is 4.90 Å². The average molecular weight is 325 g/mol. The van der Waals surface area contributed by atoms with Gasteiger partial charge in [-0.15, -0.1) is 0 Å². The normalized spacial score (nSPS) is 10.3. The Morgan fingerprint density at radius 1 is 0.958 bits per heavy atom. The minimum absolute atomic E-state index is 0.0255. The molecule has 0 heterocycles. The SMILES string of the molecule is COC(=O)CCN(C(=O)Cc1ccccc1)c1c(C)cccc1C. The van der Waals surface area contributed by atoms with Gasteiger partial charge in [0, 0.05) is 12.2 Å². The van der Waals surface area contributed by atoms with Gasteiger partial charge in [0.1, 0.15) is 0 Å².